The van der Waals surface area contributed by atoms with E-state index in [2.05, 4.69) is 20.8 Å². The van der Waals surface area contributed by atoms with Gasteiger partial charge in [0.05, 0.1) is 19.3 Å². The van der Waals surface area contributed by atoms with Crippen molar-refractivity contribution in [3.63, 3.8) is 0 Å². The van der Waals surface area contributed by atoms with Crippen LogP contribution < -0.4 is 10.1 Å². The van der Waals surface area contributed by atoms with Crippen LogP contribution in [0, 0.1) is 6.92 Å². The molecular formula is C22H21N5O2S2. The van der Waals surface area contributed by atoms with Gasteiger partial charge in [0.25, 0.3) is 0 Å². The maximum atomic E-state index is 13.4. The molecule has 0 saturated heterocycles. The number of tetrazole rings is 1. The Morgan fingerprint density at radius 1 is 1.19 bits per heavy atom. The number of ether oxygens (including phenoxy) is 1. The number of aryl methyl sites for hydroxylation is 1. The zero-order valence-electron chi connectivity index (χ0n) is 17.1. The number of nitrogens with one attached hydrogen (secondary N) is 1. The van der Waals surface area contributed by atoms with E-state index in [4.69, 9.17) is 4.74 Å². The number of carbonyl (C=O) groups excluding carboxylic acids is 1. The first-order valence-corrected chi connectivity index (χ1v) is 11.4. The van der Waals surface area contributed by atoms with Gasteiger partial charge in [-0.15, -0.1) is 16.4 Å². The van der Waals surface area contributed by atoms with Crippen LogP contribution in [0.4, 0.5) is 5.69 Å². The first-order chi connectivity index (χ1) is 15.1. The Kier molecular flexibility index (Phi) is 6.63. The van der Waals surface area contributed by atoms with Crippen LogP contribution in [0.15, 0.2) is 71.2 Å². The molecule has 0 aliphatic carbocycles. The third-order valence-electron chi connectivity index (χ3n) is 4.56. The molecule has 1 atom stereocenters. The average Bonchev–Trinajstić information content (AvgIpc) is 3.45. The lowest BCUT2D eigenvalue weighted by atomic mass is 10.1. The third kappa shape index (κ3) is 5.12. The molecule has 31 heavy (non-hydrogen) atoms. The van der Waals surface area contributed by atoms with E-state index in [1.54, 1.807) is 23.1 Å². The lowest BCUT2D eigenvalue weighted by Crippen LogP contribution is -2.20. The molecule has 1 unspecified atom stereocenters. The second-order valence-corrected chi connectivity index (χ2v) is 8.90. The highest BCUT2D eigenvalue weighted by Crippen LogP contribution is 2.36. The van der Waals surface area contributed by atoms with Crippen molar-refractivity contribution in [2.24, 2.45) is 0 Å². The second kappa shape index (κ2) is 9.76. The van der Waals surface area contributed by atoms with Crippen LogP contribution in [0.5, 0.6) is 5.75 Å². The summed E-state index contributed by atoms with van der Waals surface area (Å²) < 4.78 is 7.13. The normalized spacial score (nSPS) is 11.8. The van der Waals surface area contributed by atoms with E-state index in [0.717, 1.165) is 16.0 Å². The largest absolute Gasteiger partial charge is 0.495 e. The number of aromatic nitrogens is 4. The fourth-order valence-electron chi connectivity index (χ4n) is 3.05. The van der Waals surface area contributed by atoms with Crippen LogP contribution in [0.2, 0.25) is 0 Å². The Labute approximate surface area is 188 Å². The molecule has 7 nitrogen and oxygen atoms in total. The van der Waals surface area contributed by atoms with E-state index < -0.39 is 5.25 Å². The molecule has 2 aromatic heterocycles. The van der Waals surface area contributed by atoms with E-state index in [9.17, 15) is 4.79 Å². The molecule has 1 N–H and O–H groups in total. The summed E-state index contributed by atoms with van der Waals surface area (Å²) in [7, 11) is 1.59. The maximum Gasteiger partial charge on any atom is 0.242 e. The van der Waals surface area contributed by atoms with Gasteiger partial charge in [0.1, 0.15) is 11.0 Å². The summed E-state index contributed by atoms with van der Waals surface area (Å²) in [5.41, 5.74) is 2.52. The fourth-order valence-corrected chi connectivity index (χ4v) is 4.72. The van der Waals surface area contributed by atoms with Crippen molar-refractivity contribution < 1.29 is 9.53 Å². The van der Waals surface area contributed by atoms with Gasteiger partial charge in [-0.25, -0.2) is 4.68 Å². The van der Waals surface area contributed by atoms with Gasteiger partial charge < -0.3 is 10.1 Å². The number of anilines is 1. The standard InChI is InChI=1S/C22H21N5O2S2/c1-15-10-11-19(29-2)18(13-15)23-21(28)20(16-7-4-3-5-8-16)31-22-24-25-26-27(22)14-17-9-6-12-30-17/h3-13,20H,14H2,1-2H3,(H,23,28). The molecule has 4 rings (SSSR count). The molecule has 0 aliphatic heterocycles. The summed E-state index contributed by atoms with van der Waals surface area (Å²) in [5, 5.41) is 17.2. The Hall–Kier alpha value is -3.17. The van der Waals surface area contributed by atoms with Crippen LogP contribution >= 0.6 is 23.1 Å². The first-order valence-electron chi connectivity index (χ1n) is 9.59. The molecule has 158 valence electrons. The van der Waals surface area contributed by atoms with Crippen molar-refractivity contribution in [3.05, 3.63) is 82.0 Å². The summed E-state index contributed by atoms with van der Waals surface area (Å²) in [6, 6.07) is 19.3. The number of methoxy groups -OCH3 is 1. The van der Waals surface area contributed by atoms with Crippen LogP contribution in [0.3, 0.4) is 0 Å². The van der Waals surface area contributed by atoms with Crippen LogP contribution in [-0.4, -0.2) is 33.2 Å². The molecule has 0 spiro atoms. The maximum absolute atomic E-state index is 13.4. The minimum atomic E-state index is -0.542. The van der Waals surface area contributed by atoms with Gasteiger partial charge in [-0.05, 0) is 52.1 Å². The van der Waals surface area contributed by atoms with Gasteiger partial charge in [0, 0.05) is 4.88 Å². The van der Waals surface area contributed by atoms with E-state index in [0.29, 0.717) is 23.1 Å². The first kappa shape index (κ1) is 21.1. The van der Waals surface area contributed by atoms with Crippen molar-refractivity contribution in [2.75, 3.05) is 12.4 Å². The lowest BCUT2D eigenvalue weighted by Gasteiger charge is -2.18. The van der Waals surface area contributed by atoms with E-state index >= 15 is 0 Å². The third-order valence-corrected chi connectivity index (χ3v) is 6.65. The van der Waals surface area contributed by atoms with Gasteiger partial charge in [-0.2, -0.15) is 0 Å². The number of hydrogen-bond donors (Lipinski definition) is 1. The van der Waals surface area contributed by atoms with Crippen molar-refractivity contribution in [1.82, 2.24) is 20.2 Å². The number of thioether (sulfide) groups is 1. The van der Waals surface area contributed by atoms with Crippen LogP contribution in [0.25, 0.3) is 0 Å². The quantitative estimate of drug-likeness (QED) is 0.395. The Morgan fingerprint density at radius 3 is 2.77 bits per heavy atom. The van der Waals surface area contributed by atoms with E-state index in [1.165, 1.54) is 11.8 Å². The number of carbonyl (C=O) groups is 1. The summed E-state index contributed by atoms with van der Waals surface area (Å²) in [5.74, 6) is 0.434. The molecule has 9 heteroatoms. The highest BCUT2D eigenvalue weighted by Gasteiger charge is 2.26. The number of rotatable bonds is 8. The molecular weight excluding hydrogens is 430 g/mol. The van der Waals surface area contributed by atoms with Gasteiger partial charge in [-0.1, -0.05) is 54.2 Å². The van der Waals surface area contributed by atoms with Crippen molar-refractivity contribution in [2.45, 2.75) is 23.9 Å². The number of hydrogen-bond acceptors (Lipinski definition) is 7. The van der Waals surface area contributed by atoms with Crippen LogP contribution in [0.1, 0.15) is 21.3 Å². The molecule has 0 aliphatic rings. The van der Waals surface area contributed by atoms with Crippen molar-refractivity contribution >= 4 is 34.7 Å². The lowest BCUT2D eigenvalue weighted by molar-refractivity contribution is -0.115. The fraction of sp³-hybridized carbons (Fsp3) is 0.182. The predicted molar refractivity (Wildman–Crippen MR) is 123 cm³/mol. The van der Waals surface area contributed by atoms with E-state index in [1.807, 2.05) is 73.0 Å². The molecule has 2 aromatic carbocycles. The minimum Gasteiger partial charge on any atom is -0.495 e. The van der Waals surface area contributed by atoms with Crippen LogP contribution in [-0.2, 0) is 11.3 Å². The summed E-state index contributed by atoms with van der Waals surface area (Å²) in [6.07, 6.45) is 0. The Bertz CT molecular complexity index is 1150. The highest BCUT2D eigenvalue weighted by molar-refractivity contribution is 8.00. The number of nitrogens with zero attached hydrogens (tertiary/aromatic N) is 4. The smallest absolute Gasteiger partial charge is 0.242 e. The average molecular weight is 452 g/mol. The summed E-state index contributed by atoms with van der Waals surface area (Å²) >= 11 is 2.96. The SMILES string of the molecule is COc1ccc(C)cc1NC(=O)C(Sc1nnnn1Cc1cccs1)c1ccccc1. The number of benzene rings is 2. The minimum absolute atomic E-state index is 0.175. The monoisotopic (exact) mass is 451 g/mol. The van der Waals surface area contributed by atoms with E-state index in [-0.39, 0.29) is 5.91 Å². The Morgan fingerprint density at radius 2 is 2.03 bits per heavy atom. The molecule has 0 bridgehead atoms. The molecule has 0 saturated carbocycles. The van der Waals surface area contributed by atoms with Crippen molar-refractivity contribution in [3.8, 4) is 5.75 Å². The highest BCUT2D eigenvalue weighted by atomic mass is 32.2. The molecule has 2 heterocycles. The van der Waals surface area contributed by atoms with Gasteiger partial charge in [-0.3, -0.25) is 4.79 Å². The number of amides is 1. The summed E-state index contributed by atoms with van der Waals surface area (Å²) in [6.45, 7) is 2.53. The predicted octanol–water partition coefficient (Wildman–Crippen LogP) is 4.57. The molecule has 4 aromatic rings. The van der Waals surface area contributed by atoms with Gasteiger partial charge in [0.15, 0.2) is 0 Å². The zero-order chi connectivity index (χ0) is 21.6. The van der Waals surface area contributed by atoms with Gasteiger partial charge in [0.2, 0.25) is 11.1 Å². The Balaban J connectivity index is 1.61. The second-order valence-electron chi connectivity index (χ2n) is 6.80. The van der Waals surface area contributed by atoms with Crippen molar-refractivity contribution in [1.29, 1.82) is 0 Å². The molecule has 0 fully saturated rings. The molecule has 0 radical (unpaired) electrons. The number of thiophene rings is 1. The van der Waals surface area contributed by atoms with Gasteiger partial charge >= 0.3 is 0 Å². The summed E-state index contributed by atoms with van der Waals surface area (Å²) in [4.78, 5) is 14.5. The molecule has 1 amide bonds. The zero-order valence-corrected chi connectivity index (χ0v) is 18.7. The topological polar surface area (TPSA) is 81.9 Å².